The number of carbonyl (C=O) groups excluding carboxylic acids is 1. The molecule has 1 saturated heterocycles. The molecule has 1 aliphatic heterocycles. The van der Waals surface area contributed by atoms with E-state index >= 15 is 0 Å². The lowest BCUT2D eigenvalue weighted by atomic mass is 10.2. The molecular weight excluding hydrogens is 254 g/mol. The number of hydrogen-bond donors (Lipinski definition) is 0. The first-order valence-electron chi connectivity index (χ1n) is 4.87. The lowest BCUT2D eigenvalue weighted by Crippen LogP contribution is -2.17. The third-order valence-electron chi connectivity index (χ3n) is 2.63. The van der Waals surface area contributed by atoms with Crippen LogP contribution >= 0.6 is 15.9 Å². The van der Waals surface area contributed by atoms with Crippen LogP contribution in [0.5, 0.6) is 0 Å². The quantitative estimate of drug-likeness (QED) is 0.605. The number of anilines is 1. The first-order chi connectivity index (χ1) is 7.20. The summed E-state index contributed by atoms with van der Waals surface area (Å²) in [5, 5.41) is 0. The zero-order valence-electron chi connectivity index (χ0n) is 8.37. The van der Waals surface area contributed by atoms with Crippen LogP contribution in [0.25, 0.3) is 0 Å². The summed E-state index contributed by atoms with van der Waals surface area (Å²) >= 11 is 3.39. The van der Waals surface area contributed by atoms with Crippen LogP contribution in [0.1, 0.15) is 16.8 Å². The van der Waals surface area contributed by atoms with Crippen molar-refractivity contribution < 1.29 is 4.79 Å². The Hall–Kier alpha value is -1.09. The molecule has 2 nitrogen and oxygen atoms in total. The highest BCUT2D eigenvalue weighted by Crippen LogP contribution is 2.26. The van der Waals surface area contributed by atoms with Crippen LogP contribution in [-0.4, -0.2) is 19.4 Å². The molecule has 1 aliphatic rings. The fraction of sp³-hybridized carbons (Fsp3) is 0.250. The molecule has 1 heterocycles. The fourth-order valence-corrected chi connectivity index (χ4v) is 2.21. The van der Waals surface area contributed by atoms with Crippen LogP contribution in [-0.2, 0) is 0 Å². The van der Waals surface area contributed by atoms with Crippen molar-refractivity contribution in [2.24, 2.45) is 0 Å². The largest absolute Gasteiger partial charge is 0.367 e. The summed E-state index contributed by atoms with van der Waals surface area (Å²) in [5.41, 5.74) is 3.11. The molecule has 0 saturated carbocycles. The maximum absolute atomic E-state index is 10.7. The molecule has 1 aromatic carbocycles. The molecule has 78 valence electrons. The second-order valence-corrected chi connectivity index (χ2v) is 4.60. The van der Waals surface area contributed by atoms with E-state index in [0.717, 1.165) is 36.0 Å². The fourth-order valence-electron chi connectivity index (χ4n) is 1.75. The minimum Gasteiger partial charge on any atom is -0.367 e. The Morgan fingerprint density at radius 2 is 2.27 bits per heavy atom. The van der Waals surface area contributed by atoms with Gasteiger partial charge in [-0.1, -0.05) is 12.2 Å². The molecule has 0 radical (unpaired) electrons. The highest BCUT2D eigenvalue weighted by atomic mass is 79.9. The standard InChI is InChI=1S/C12H12BrNO/c1-9-4-5-14(7-9)11-3-2-10(8-15)12(13)6-11/h2-3,6,8H,1,4-5,7H2. The number of aldehydes is 1. The van der Waals surface area contributed by atoms with Crippen LogP contribution in [0.4, 0.5) is 5.69 Å². The third kappa shape index (κ3) is 2.12. The summed E-state index contributed by atoms with van der Waals surface area (Å²) in [6.07, 6.45) is 1.92. The third-order valence-corrected chi connectivity index (χ3v) is 3.31. The molecule has 0 atom stereocenters. The second-order valence-electron chi connectivity index (χ2n) is 3.75. The molecule has 0 N–H and O–H groups in total. The molecule has 3 heteroatoms. The summed E-state index contributed by atoms with van der Waals surface area (Å²) in [4.78, 5) is 12.9. The Kier molecular flexibility index (Phi) is 2.91. The number of nitrogens with zero attached hydrogens (tertiary/aromatic N) is 1. The summed E-state index contributed by atoms with van der Waals surface area (Å²) in [7, 11) is 0. The summed E-state index contributed by atoms with van der Waals surface area (Å²) in [5.74, 6) is 0. The molecule has 0 unspecified atom stereocenters. The molecule has 1 aromatic rings. The van der Waals surface area contributed by atoms with Crippen molar-refractivity contribution in [2.75, 3.05) is 18.0 Å². The van der Waals surface area contributed by atoms with E-state index in [4.69, 9.17) is 0 Å². The Balaban J connectivity index is 2.26. The number of rotatable bonds is 2. The van der Waals surface area contributed by atoms with Gasteiger partial charge in [0.25, 0.3) is 0 Å². The highest BCUT2D eigenvalue weighted by molar-refractivity contribution is 9.10. The molecule has 0 aliphatic carbocycles. The predicted molar refractivity (Wildman–Crippen MR) is 65.5 cm³/mol. The molecule has 15 heavy (non-hydrogen) atoms. The molecule has 0 bridgehead atoms. The van der Waals surface area contributed by atoms with Gasteiger partial charge >= 0.3 is 0 Å². The van der Waals surface area contributed by atoms with E-state index < -0.39 is 0 Å². The van der Waals surface area contributed by atoms with Gasteiger partial charge in [0.05, 0.1) is 0 Å². The number of hydrogen-bond acceptors (Lipinski definition) is 2. The van der Waals surface area contributed by atoms with Gasteiger partial charge in [-0.25, -0.2) is 0 Å². The van der Waals surface area contributed by atoms with E-state index in [1.54, 1.807) is 0 Å². The summed E-state index contributed by atoms with van der Waals surface area (Å²) < 4.78 is 0.854. The number of carbonyl (C=O) groups is 1. The maximum Gasteiger partial charge on any atom is 0.151 e. The summed E-state index contributed by atoms with van der Waals surface area (Å²) in [6, 6.07) is 5.81. The van der Waals surface area contributed by atoms with Gasteiger partial charge in [0.2, 0.25) is 0 Å². The van der Waals surface area contributed by atoms with Gasteiger partial charge < -0.3 is 4.90 Å². The van der Waals surface area contributed by atoms with Crippen molar-refractivity contribution in [3.05, 3.63) is 40.4 Å². The van der Waals surface area contributed by atoms with Crippen LogP contribution in [0.2, 0.25) is 0 Å². The smallest absolute Gasteiger partial charge is 0.151 e. The van der Waals surface area contributed by atoms with E-state index in [9.17, 15) is 4.79 Å². The molecule has 0 amide bonds. The van der Waals surface area contributed by atoms with Gasteiger partial charge in [0, 0.05) is 28.8 Å². The average Bonchev–Trinajstić information content (AvgIpc) is 2.65. The van der Waals surface area contributed by atoms with Crippen molar-refractivity contribution in [1.82, 2.24) is 0 Å². The minimum atomic E-state index is 0.691. The molecule has 2 rings (SSSR count). The lowest BCUT2D eigenvalue weighted by molar-refractivity contribution is 0.112. The Labute approximate surface area is 97.7 Å². The maximum atomic E-state index is 10.7. The molecular formula is C12H12BrNO. The molecule has 0 spiro atoms. The van der Waals surface area contributed by atoms with Crippen molar-refractivity contribution in [1.29, 1.82) is 0 Å². The average molecular weight is 266 g/mol. The summed E-state index contributed by atoms with van der Waals surface area (Å²) in [6.45, 7) is 5.92. The van der Waals surface area contributed by atoms with E-state index in [-0.39, 0.29) is 0 Å². The zero-order chi connectivity index (χ0) is 10.8. The first kappa shape index (κ1) is 10.4. The van der Waals surface area contributed by atoms with Crippen molar-refractivity contribution >= 4 is 27.9 Å². The monoisotopic (exact) mass is 265 g/mol. The van der Waals surface area contributed by atoms with Crippen molar-refractivity contribution in [3.63, 3.8) is 0 Å². The SMILES string of the molecule is C=C1CCN(c2ccc(C=O)c(Br)c2)C1. The Bertz CT molecular complexity index is 414. The zero-order valence-corrected chi connectivity index (χ0v) is 9.96. The minimum absolute atomic E-state index is 0.691. The van der Waals surface area contributed by atoms with E-state index in [0.29, 0.717) is 5.56 Å². The lowest BCUT2D eigenvalue weighted by Gasteiger charge is -2.17. The van der Waals surface area contributed by atoms with Crippen molar-refractivity contribution in [2.45, 2.75) is 6.42 Å². The highest BCUT2D eigenvalue weighted by Gasteiger charge is 2.15. The Morgan fingerprint density at radius 1 is 1.47 bits per heavy atom. The topological polar surface area (TPSA) is 20.3 Å². The number of halogens is 1. The van der Waals surface area contributed by atoms with Crippen LogP contribution in [0.3, 0.4) is 0 Å². The predicted octanol–water partition coefficient (Wildman–Crippen LogP) is 3.03. The van der Waals surface area contributed by atoms with Gasteiger partial charge in [0.1, 0.15) is 0 Å². The molecule has 1 fully saturated rings. The second kappa shape index (κ2) is 4.19. The van der Waals surface area contributed by atoms with E-state index in [1.165, 1.54) is 5.57 Å². The van der Waals surface area contributed by atoms with Crippen LogP contribution in [0.15, 0.2) is 34.8 Å². The van der Waals surface area contributed by atoms with Crippen molar-refractivity contribution in [3.8, 4) is 0 Å². The van der Waals surface area contributed by atoms with E-state index in [1.807, 2.05) is 18.2 Å². The normalized spacial score (nSPS) is 15.8. The first-order valence-corrected chi connectivity index (χ1v) is 5.66. The number of benzene rings is 1. The van der Waals surface area contributed by atoms with Gasteiger partial charge in [-0.15, -0.1) is 0 Å². The van der Waals surface area contributed by atoms with E-state index in [2.05, 4.69) is 27.4 Å². The van der Waals surface area contributed by atoms with Gasteiger partial charge in [-0.05, 0) is 40.5 Å². The van der Waals surface area contributed by atoms with Gasteiger partial charge in [-0.2, -0.15) is 0 Å². The van der Waals surface area contributed by atoms with Crippen LogP contribution in [0, 0.1) is 0 Å². The Morgan fingerprint density at radius 3 is 2.80 bits per heavy atom. The van der Waals surface area contributed by atoms with Gasteiger partial charge in [0.15, 0.2) is 6.29 Å². The van der Waals surface area contributed by atoms with Gasteiger partial charge in [-0.3, -0.25) is 4.79 Å². The molecule has 0 aromatic heterocycles. The van der Waals surface area contributed by atoms with Crippen LogP contribution < -0.4 is 4.90 Å².